The minimum Gasteiger partial charge on any atom is -0.494 e. The number of aliphatic hydroxyl groups excluding tert-OH is 1. The van der Waals surface area contributed by atoms with Gasteiger partial charge in [0.05, 0.1) is 11.9 Å². The van der Waals surface area contributed by atoms with Gasteiger partial charge in [0.15, 0.2) is 0 Å². The fourth-order valence-corrected chi connectivity index (χ4v) is 3.83. The van der Waals surface area contributed by atoms with Crippen molar-refractivity contribution in [1.29, 1.82) is 0 Å². The van der Waals surface area contributed by atoms with E-state index >= 15 is 0 Å². The predicted octanol–water partition coefficient (Wildman–Crippen LogP) is 5.05. The predicted molar refractivity (Wildman–Crippen MR) is 111 cm³/mol. The minimum absolute atomic E-state index is 0.335. The van der Waals surface area contributed by atoms with Crippen LogP contribution >= 0.6 is 0 Å². The first-order valence-corrected chi connectivity index (χ1v) is 9.74. The van der Waals surface area contributed by atoms with Crippen LogP contribution < -0.4 is 11.5 Å². The van der Waals surface area contributed by atoms with E-state index in [4.69, 9.17) is 16.2 Å². The van der Waals surface area contributed by atoms with Gasteiger partial charge >= 0.3 is 0 Å². The van der Waals surface area contributed by atoms with Gasteiger partial charge in [-0.25, -0.2) is 0 Å². The molecular formula is C23H30N2O2. The number of hydrogen-bond acceptors (Lipinski definition) is 4. The lowest BCUT2D eigenvalue weighted by Crippen LogP contribution is -2.06. The number of rotatable bonds is 7. The van der Waals surface area contributed by atoms with Gasteiger partial charge in [-0.15, -0.1) is 0 Å². The Morgan fingerprint density at radius 3 is 2.30 bits per heavy atom. The highest BCUT2D eigenvalue weighted by atomic mass is 16.5. The molecule has 5 N–H and O–H groups in total. The van der Waals surface area contributed by atoms with Crippen LogP contribution in [-0.4, -0.2) is 5.11 Å². The van der Waals surface area contributed by atoms with Gasteiger partial charge in [-0.2, -0.15) is 0 Å². The fraction of sp³-hybridized carbons (Fsp3) is 0.391. The molecule has 4 heteroatoms. The van der Waals surface area contributed by atoms with Crippen molar-refractivity contribution < 1.29 is 9.84 Å². The van der Waals surface area contributed by atoms with Crippen LogP contribution in [0, 0.1) is 0 Å². The first kappa shape index (κ1) is 19.3. The molecule has 4 nitrogen and oxygen atoms in total. The van der Waals surface area contributed by atoms with E-state index in [1.165, 1.54) is 37.7 Å². The zero-order valence-electron chi connectivity index (χ0n) is 15.9. The van der Waals surface area contributed by atoms with E-state index in [1.807, 2.05) is 24.3 Å². The lowest BCUT2D eigenvalue weighted by molar-refractivity contribution is 0.126. The molecule has 0 bridgehead atoms. The molecule has 144 valence electrons. The fourth-order valence-electron chi connectivity index (χ4n) is 3.83. The highest BCUT2D eigenvalue weighted by Gasteiger charge is 2.16. The third-order valence-corrected chi connectivity index (χ3v) is 5.30. The van der Waals surface area contributed by atoms with Gasteiger partial charge in [-0.05, 0) is 53.6 Å². The second kappa shape index (κ2) is 8.96. The van der Waals surface area contributed by atoms with E-state index in [2.05, 4.69) is 18.7 Å². The Kier molecular flexibility index (Phi) is 6.40. The molecule has 1 unspecified atom stereocenters. The zero-order valence-corrected chi connectivity index (χ0v) is 15.9. The summed E-state index contributed by atoms with van der Waals surface area (Å²) < 4.78 is 5.68. The van der Waals surface area contributed by atoms with Crippen molar-refractivity contribution in [3.63, 3.8) is 0 Å². The molecule has 2 aromatic rings. The molecule has 27 heavy (non-hydrogen) atoms. The van der Waals surface area contributed by atoms with Gasteiger partial charge in [0, 0.05) is 17.8 Å². The van der Waals surface area contributed by atoms with Gasteiger partial charge in [-0.1, -0.05) is 50.1 Å². The van der Waals surface area contributed by atoms with E-state index in [1.54, 1.807) is 6.07 Å². The van der Waals surface area contributed by atoms with Crippen molar-refractivity contribution in [1.82, 2.24) is 0 Å². The summed E-state index contributed by atoms with van der Waals surface area (Å²) in [6.07, 6.45) is 6.31. The van der Waals surface area contributed by atoms with Crippen LogP contribution in [-0.2, 0) is 11.3 Å². The SMILES string of the molecule is C=C(CC(O)c1ccc(C2CCCCC2)cc1)OCc1cc(N)cc(N)c1. The van der Waals surface area contributed by atoms with Gasteiger partial charge in [-0.3, -0.25) is 0 Å². The topological polar surface area (TPSA) is 81.5 Å². The van der Waals surface area contributed by atoms with E-state index < -0.39 is 6.10 Å². The Labute approximate surface area is 161 Å². The maximum absolute atomic E-state index is 10.5. The Balaban J connectivity index is 1.51. The number of hydrogen-bond donors (Lipinski definition) is 3. The molecule has 0 spiro atoms. The smallest absolute Gasteiger partial charge is 0.113 e. The highest BCUT2D eigenvalue weighted by Crippen LogP contribution is 2.33. The maximum Gasteiger partial charge on any atom is 0.113 e. The van der Waals surface area contributed by atoms with E-state index in [0.29, 0.717) is 36.1 Å². The molecular weight excluding hydrogens is 336 g/mol. The molecule has 2 aromatic carbocycles. The molecule has 0 aromatic heterocycles. The summed E-state index contributed by atoms with van der Waals surface area (Å²) in [5, 5.41) is 10.5. The van der Waals surface area contributed by atoms with Gasteiger partial charge in [0.2, 0.25) is 0 Å². The summed E-state index contributed by atoms with van der Waals surface area (Å²) in [5.74, 6) is 1.22. The Morgan fingerprint density at radius 1 is 1.04 bits per heavy atom. The van der Waals surface area contributed by atoms with E-state index in [-0.39, 0.29) is 0 Å². The molecule has 3 rings (SSSR count). The number of nitrogen functional groups attached to an aromatic ring is 2. The maximum atomic E-state index is 10.5. The van der Waals surface area contributed by atoms with Gasteiger partial charge in [0.25, 0.3) is 0 Å². The number of ether oxygens (including phenoxy) is 1. The molecule has 0 heterocycles. The Hall–Kier alpha value is -2.46. The quantitative estimate of drug-likeness (QED) is 0.473. The molecule has 0 amide bonds. The summed E-state index contributed by atoms with van der Waals surface area (Å²) >= 11 is 0. The second-order valence-electron chi connectivity index (χ2n) is 7.56. The van der Waals surface area contributed by atoms with Crippen LogP contribution in [0.4, 0.5) is 11.4 Å². The van der Waals surface area contributed by atoms with Gasteiger partial charge < -0.3 is 21.3 Å². The zero-order chi connectivity index (χ0) is 19.2. The van der Waals surface area contributed by atoms with Crippen molar-refractivity contribution >= 4 is 11.4 Å². The summed E-state index contributed by atoms with van der Waals surface area (Å²) in [7, 11) is 0. The van der Waals surface area contributed by atoms with Crippen molar-refractivity contribution in [2.75, 3.05) is 11.5 Å². The summed E-state index contributed by atoms with van der Waals surface area (Å²) in [6.45, 7) is 4.26. The van der Waals surface area contributed by atoms with E-state index in [9.17, 15) is 5.11 Å². The monoisotopic (exact) mass is 366 g/mol. The largest absolute Gasteiger partial charge is 0.494 e. The van der Waals surface area contributed by atoms with Crippen LogP contribution in [0.1, 0.15) is 67.2 Å². The molecule has 0 saturated heterocycles. The molecule has 0 aliphatic heterocycles. The number of nitrogens with two attached hydrogens (primary N) is 2. The molecule has 1 fully saturated rings. The molecule has 1 aliphatic rings. The van der Waals surface area contributed by atoms with E-state index in [0.717, 1.165) is 11.1 Å². The third-order valence-electron chi connectivity index (χ3n) is 5.30. The first-order valence-electron chi connectivity index (χ1n) is 9.74. The standard InChI is InChI=1S/C23H30N2O2/c1-16(27-15-17-12-21(24)14-22(25)13-17)11-23(26)20-9-7-19(8-10-20)18-5-3-2-4-6-18/h7-10,12-14,18,23,26H,1-6,11,15,24-25H2. The van der Waals surface area contributed by atoms with Crippen LogP contribution in [0.25, 0.3) is 0 Å². The number of benzene rings is 2. The molecule has 1 atom stereocenters. The van der Waals surface area contributed by atoms with Crippen molar-refractivity contribution in [3.8, 4) is 0 Å². The normalized spacial score (nSPS) is 16.0. The average Bonchev–Trinajstić information content (AvgIpc) is 2.66. The summed E-state index contributed by atoms with van der Waals surface area (Å²) in [6, 6.07) is 13.7. The second-order valence-corrected chi connectivity index (χ2v) is 7.56. The van der Waals surface area contributed by atoms with Crippen molar-refractivity contribution in [3.05, 3.63) is 71.5 Å². The lowest BCUT2D eigenvalue weighted by atomic mass is 9.84. The molecule has 1 aliphatic carbocycles. The molecule has 1 saturated carbocycles. The van der Waals surface area contributed by atoms with Crippen LogP contribution in [0.15, 0.2) is 54.8 Å². The highest BCUT2D eigenvalue weighted by molar-refractivity contribution is 5.54. The lowest BCUT2D eigenvalue weighted by Gasteiger charge is -2.22. The van der Waals surface area contributed by atoms with Crippen LogP contribution in [0.3, 0.4) is 0 Å². The number of aliphatic hydroxyl groups is 1. The minimum atomic E-state index is -0.621. The molecule has 0 radical (unpaired) electrons. The average molecular weight is 367 g/mol. The summed E-state index contributed by atoms with van der Waals surface area (Å²) in [5.41, 5.74) is 16.0. The Morgan fingerprint density at radius 2 is 1.67 bits per heavy atom. The van der Waals surface area contributed by atoms with Gasteiger partial charge in [0.1, 0.15) is 6.61 Å². The summed E-state index contributed by atoms with van der Waals surface area (Å²) in [4.78, 5) is 0. The third kappa shape index (κ3) is 5.51. The Bertz CT molecular complexity index is 744. The first-order chi connectivity index (χ1) is 13.0. The van der Waals surface area contributed by atoms with Crippen molar-refractivity contribution in [2.45, 2.75) is 57.2 Å². The number of anilines is 2. The van der Waals surface area contributed by atoms with Crippen LogP contribution in [0.2, 0.25) is 0 Å². The van der Waals surface area contributed by atoms with Crippen LogP contribution in [0.5, 0.6) is 0 Å². The van der Waals surface area contributed by atoms with Crippen molar-refractivity contribution in [2.24, 2.45) is 0 Å².